The largest absolute Gasteiger partial charge is 0.394 e. The molecule has 0 aliphatic rings. The van der Waals surface area contributed by atoms with Gasteiger partial charge in [0.2, 0.25) is 5.91 Å². The van der Waals surface area contributed by atoms with Crippen LogP contribution in [0, 0.1) is 0 Å². The van der Waals surface area contributed by atoms with Crippen LogP contribution in [0.4, 0.5) is 0 Å². The van der Waals surface area contributed by atoms with E-state index in [2.05, 4.69) is 17.4 Å². The van der Waals surface area contributed by atoms with Crippen LogP contribution in [0.3, 0.4) is 0 Å². The van der Waals surface area contributed by atoms with Gasteiger partial charge in [-0.25, -0.2) is 0 Å². The molecule has 3 heteroatoms. The highest BCUT2D eigenvalue weighted by molar-refractivity contribution is 5.76. The molecule has 0 aromatic heterocycles. The normalized spacial score (nSPS) is 12.1. The maximum atomic E-state index is 11.5. The quantitative estimate of drug-likeness (QED) is 0.758. The average Bonchev–Trinajstić information content (AvgIpc) is 2.37. The topological polar surface area (TPSA) is 49.3 Å². The summed E-state index contributed by atoms with van der Waals surface area (Å²) in [4.78, 5) is 11.5. The van der Waals surface area contributed by atoms with Gasteiger partial charge in [0.05, 0.1) is 12.6 Å². The second-order valence-electron chi connectivity index (χ2n) is 4.19. The molecule has 1 unspecified atom stereocenters. The zero-order valence-corrected chi connectivity index (χ0v) is 10.4. The molecule has 94 valence electrons. The molecule has 0 aliphatic carbocycles. The number of nitrogens with one attached hydrogen (secondary N) is 1. The Morgan fingerprint density at radius 2 is 2.06 bits per heavy atom. The van der Waals surface area contributed by atoms with E-state index >= 15 is 0 Å². The fraction of sp³-hybridized carbons (Fsp3) is 0.500. The van der Waals surface area contributed by atoms with Crippen molar-refractivity contribution in [3.63, 3.8) is 0 Å². The van der Waals surface area contributed by atoms with Crippen molar-refractivity contribution in [1.29, 1.82) is 0 Å². The molecule has 17 heavy (non-hydrogen) atoms. The minimum absolute atomic E-state index is 0.0148. The number of aliphatic hydroxyl groups is 1. The van der Waals surface area contributed by atoms with Gasteiger partial charge in [-0.1, -0.05) is 37.3 Å². The molecule has 0 saturated heterocycles. The van der Waals surface area contributed by atoms with Crippen LogP contribution < -0.4 is 5.32 Å². The van der Waals surface area contributed by atoms with E-state index in [0.717, 1.165) is 19.3 Å². The summed E-state index contributed by atoms with van der Waals surface area (Å²) in [6, 6.07) is 10.0. The summed E-state index contributed by atoms with van der Waals surface area (Å²) >= 11 is 0. The SMILES string of the molecule is CCC(CO)NC(=O)CCCc1ccccc1. The number of hydrogen-bond donors (Lipinski definition) is 2. The maximum Gasteiger partial charge on any atom is 0.220 e. The molecule has 0 radical (unpaired) electrons. The van der Waals surface area contributed by atoms with Crippen molar-refractivity contribution in [1.82, 2.24) is 5.32 Å². The molecule has 0 aliphatic heterocycles. The number of amides is 1. The van der Waals surface area contributed by atoms with Crippen LogP contribution in [0.2, 0.25) is 0 Å². The highest BCUT2D eigenvalue weighted by Crippen LogP contribution is 2.04. The summed E-state index contributed by atoms with van der Waals surface area (Å²) in [5, 5.41) is 11.8. The molecule has 0 saturated carbocycles. The first-order valence-corrected chi connectivity index (χ1v) is 6.20. The van der Waals surface area contributed by atoms with Crippen LogP contribution in [0.5, 0.6) is 0 Å². The number of rotatable bonds is 7. The van der Waals surface area contributed by atoms with Crippen molar-refractivity contribution in [2.24, 2.45) is 0 Å². The van der Waals surface area contributed by atoms with E-state index in [1.54, 1.807) is 0 Å². The van der Waals surface area contributed by atoms with Gasteiger partial charge >= 0.3 is 0 Å². The summed E-state index contributed by atoms with van der Waals surface area (Å²) in [7, 11) is 0. The third kappa shape index (κ3) is 5.50. The molecule has 1 atom stereocenters. The lowest BCUT2D eigenvalue weighted by Gasteiger charge is -2.13. The van der Waals surface area contributed by atoms with E-state index in [9.17, 15) is 4.79 Å². The van der Waals surface area contributed by atoms with Gasteiger partial charge in [-0.15, -0.1) is 0 Å². The first kappa shape index (κ1) is 13.7. The number of benzene rings is 1. The second kappa shape index (κ2) is 7.85. The Morgan fingerprint density at radius 3 is 2.65 bits per heavy atom. The molecule has 1 rings (SSSR count). The molecule has 0 heterocycles. The number of aryl methyl sites for hydroxylation is 1. The highest BCUT2D eigenvalue weighted by atomic mass is 16.3. The molecular weight excluding hydrogens is 214 g/mol. The van der Waals surface area contributed by atoms with E-state index < -0.39 is 0 Å². The van der Waals surface area contributed by atoms with E-state index in [1.165, 1.54) is 5.56 Å². The first-order valence-electron chi connectivity index (χ1n) is 6.20. The molecule has 1 aromatic carbocycles. The van der Waals surface area contributed by atoms with Crippen molar-refractivity contribution < 1.29 is 9.90 Å². The Hall–Kier alpha value is -1.35. The third-order valence-electron chi connectivity index (χ3n) is 2.79. The number of hydrogen-bond acceptors (Lipinski definition) is 2. The Bertz CT molecular complexity index is 320. The fourth-order valence-corrected chi connectivity index (χ4v) is 1.67. The van der Waals surface area contributed by atoms with Crippen molar-refractivity contribution in [3.05, 3.63) is 35.9 Å². The molecule has 0 bridgehead atoms. The number of carbonyl (C=O) groups excluding carboxylic acids is 1. The molecule has 0 fully saturated rings. The van der Waals surface area contributed by atoms with Gasteiger partial charge in [0.25, 0.3) is 0 Å². The lowest BCUT2D eigenvalue weighted by Crippen LogP contribution is -2.36. The molecule has 1 aromatic rings. The lowest BCUT2D eigenvalue weighted by atomic mass is 10.1. The molecular formula is C14H21NO2. The first-order chi connectivity index (χ1) is 8.26. The third-order valence-corrected chi connectivity index (χ3v) is 2.79. The van der Waals surface area contributed by atoms with Gasteiger partial charge in [-0.2, -0.15) is 0 Å². The summed E-state index contributed by atoms with van der Waals surface area (Å²) in [6.07, 6.45) is 3.05. The van der Waals surface area contributed by atoms with Crippen LogP contribution in [0.1, 0.15) is 31.7 Å². The summed E-state index contributed by atoms with van der Waals surface area (Å²) in [5.74, 6) is 0.0295. The Morgan fingerprint density at radius 1 is 1.35 bits per heavy atom. The zero-order valence-electron chi connectivity index (χ0n) is 10.4. The lowest BCUT2D eigenvalue weighted by molar-refractivity contribution is -0.122. The number of carbonyl (C=O) groups is 1. The maximum absolute atomic E-state index is 11.5. The molecule has 0 spiro atoms. The Balaban J connectivity index is 2.20. The minimum atomic E-state index is -0.0979. The van der Waals surface area contributed by atoms with Crippen molar-refractivity contribution in [3.8, 4) is 0 Å². The Labute approximate surface area is 103 Å². The van der Waals surface area contributed by atoms with Gasteiger partial charge in [0.15, 0.2) is 0 Å². The van der Waals surface area contributed by atoms with Gasteiger partial charge in [0.1, 0.15) is 0 Å². The van der Waals surface area contributed by atoms with Crippen molar-refractivity contribution >= 4 is 5.91 Å². The van der Waals surface area contributed by atoms with Gasteiger partial charge in [-0.3, -0.25) is 4.79 Å². The van der Waals surface area contributed by atoms with Gasteiger partial charge in [-0.05, 0) is 24.8 Å². The standard InChI is InChI=1S/C14H21NO2/c1-2-13(11-16)15-14(17)10-6-9-12-7-4-3-5-8-12/h3-5,7-8,13,16H,2,6,9-11H2,1H3,(H,15,17). The molecule has 3 nitrogen and oxygen atoms in total. The van der Waals surface area contributed by atoms with E-state index in [1.807, 2.05) is 25.1 Å². The van der Waals surface area contributed by atoms with Gasteiger partial charge in [0, 0.05) is 6.42 Å². The van der Waals surface area contributed by atoms with Crippen LogP contribution in [-0.4, -0.2) is 23.7 Å². The second-order valence-corrected chi connectivity index (χ2v) is 4.19. The average molecular weight is 235 g/mol. The summed E-state index contributed by atoms with van der Waals surface area (Å²) in [5.41, 5.74) is 1.26. The number of aliphatic hydroxyl groups excluding tert-OH is 1. The van der Waals surface area contributed by atoms with Crippen LogP contribution in [0.15, 0.2) is 30.3 Å². The predicted octanol–water partition coefficient (Wildman–Crippen LogP) is 1.90. The fourth-order valence-electron chi connectivity index (χ4n) is 1.67. The molecule has 2 N–H and O–H groups in total. The zero-order chi connectivity index (χ0) is 12.5. The van der Waals surface area contributed by atoms with E-state index in [4.69, 9.17) is 5.11 Å². The monoisotopic (exact) mass is 235 g/mol. The van der Waals surface area contributed by atoms with Crippen LogP contribution in [0.25, 0.3) is 0 Å². The van der Waals surface area contributed by atoms with Crippen molar-refractivity contribution in [2.75, 3.05) is 6.61 Å². The highest BCUT2D eigenvalue weighted by Gasteiger charge is 2.08. The van der Waals surface area contributed by atoms with Crippen LogP contribution >= 0.6 is 0 Å². The van der Waals surface area contributed by atoms with Crippen molar-refractivity contribution in [2.45, 2.75) is 38.6 Å². The summed E-state index contributed by atoms with van der Waals surface area (Å²) in [6.45, 7) is 1.96. The Kier molecular flexibility index (Phi) is 6.33. The predicted molar refractivity (Wildman–Crippen MR) is 68.7 cm³/mol. The molecule has 1 amide bonds. The summed E-state index contributed by atoms with van der Waals surface area (Å²) < 4.78 is 0. The smallest absolute Gasteiger partial charge is 0.220 e. The van der Waals surface area contributed by atoms with E-state index in [0.29, 0.717) is 6.42 Å². The van der Waals surface area contributed by atoms with Crippen LogP contribution in [-0.2, 0) is 11.2 Å². The van der Waals surface area contributed by atoms with Gasteiger partial charge < -0.3 is 10.4 Å². The minimum Gasteiger partial charge on any atom is -0.394 e. The van der Waals surface area contributed by atoms with E-state index in [-0.39, 0.29) is 18.6 Å².